The molecular formula is C14H22ClN3O. The van der Waals surface area contributed by atoms with Gasteiger partial charge in [0, 0.05) is 12.6 Å². The Labute approximate surface area is 120 Å². The Balaban J connectivity index is 0.00000180. The molecule has 0 radical (unpaired) electrons. The van der Waals surface area contributed by atoms with Crippen molar-refractivity contribution in [1.82, 2.24) is 9.88 Å². The lowest BCUT2D eigenvalue weighted by Gasteiger charge is -2.35. The molecule has 106 valence electrons. The fourth-order valence-corrected chi connectivity index (χ4v) is 2.58. The fraction of sp³-hybridized carbons (Fsp3) is 0.571. The summed E-state index contributed by atoms with van der Waals surface area (Å²) in [5, 5.41) is 0. The Morgan fingerprint density at radius 3 is 2.89 bits per heavy atom. The first-order valence-electron chi connectivity index (χ1n) is 6.75. The topological polar surface area (TPSA) is 59.2 Å². The van der Waals surface area contributed by atoms with E-state index in [9.17, 15) is 4.79 Å². The third-order valence-corrected chi connectivity index (χ3v) is 3.52. The number of carbonyl (C=O) groups excluding carboxylic acids is 1. The highest BCUT2D eigenvalue weighted by atomic mass is 35.5. The van der Waals surface area contributed by atoms with Crippen LogP contribution in [0.2, 0.25) is 0 Å². The average molecular weight is 284 g/mol. The number of nitrogen functional groups attached to an aromatic ring is 1. The molecule has 4 nitrogen and oxygen atoms in total. The number of nitrogens with two attached hydrogens (primary N) is 1. The molecule has 0 spiro atoms. The van der Waals surface area contributed by atoms with Crippen molar-refractivity contribution in [2.24, 2.45) is 0 Å². The van der Waals surface area contributed by atoms with Gasteiger partial charge in [-0.05, 0) is 37.8 Å². The highest BCUT2D eigenvalue weighted by Gasteiger charge is 2.27. The van der Waals surface area contributed by atoms with E-state index < -0.39 is 0 Å². The van der Waals surface area contributed by atoms with Gasteiger partial charge in [-0.3, -0.25) is 4.79 Å². The summed E-state index contributed by atoms with van der Waals surface area (Å²) in [5.41, 5.74) is 6.69. The second-order valence-electron chi connectivity index (χ2n) is 4.91. The van der Waals surface area contributed by atoms with E-state index in [-0.39, 0.29) is 18.3 Å². The van der Waals surface area contributed by atoms with Crippen molar-refractivity contribution in [3.05, 3.63) is 24.0 Å². The molecule has 1 aromatic rings. The molecule has 2 N–H and O–H groups in total. The SMILES string of the molecule is CCCC1CCCCN1C(=O)c1ccc(N)cn1.Cl. The molecule has 2 heterocycles. The number of halogens is 1. The van der Waals surface area contributed by atoms with Crippen LogP contribution in [0.25, 0.3) is 0 Å². The number of aromatic nitrogens is 1. The highest BCUT2D eigenvalue weighted by molar-refractivity contribution is 5.92. The number of likely N-dealkylation sites (tertiary alicyclic amines) is 1. The van der Waals surface area contributed by atoms with Crippen LogP contribution in [0.15, 0.2) is 18.3 Å². The fourth-order valence-electron chi connectivity index (χ4n) is 2.58. The number of hydrogen-bond donors (Lipinski definition) is 1. The molecule has 0 aliphatic carbocycles. The average Bonchev–Trinajstić information content (AvgIpc) is 2.40. The molecule has 1 unspecified atom stereocenters. The summed E-state index contributed by atoms with van der Waals surface area (Å²) in [7, 11) is 0. The van der Waals surface area contributed by atoms with Crippen LogP contribution < -0.4 is 5.73 Å². The predicted molar refractivity (Wildman–Crippen MR) is 79.5 cm³/mol. The molecule has 1 aliphatic rings. The lowest BCUT2D eigenvalue weighted by molar-refractivity contribution is 0.0594. The summed E-state index contributed by atoms with van der Waals surface area (Å²) in [5.74, 6) is 0.0492. The van der Waals surface area contributed by atoms with Crippen LogP contribution in [0.4, 0.5) is 5.69 Å². The first-order valence-corrected chi connectivity index (χ1v) is 6.75. The Kier molecular flexibility index (Phi) is 6.09. The molecule has 0 bridgehead atoms. The van der Waals surface area contributed by atoms with E-state index >= 15 is 0 Å². The monoisotopic (exact) mass is 283 g/mol. The summed E-state index contributed by atoms with van der Waals surface area (Å²) < 4.78 is 0. The van der Waals surface area contributed by atoms with Gasteiger partial charge in [0.15, 0.2) is 0 Å². The third-order valence-electron chi connectivity index (χ3n) is 3.52. The van der Waals surface area contributed by atoms with Crippen LogP contribution >= 0.6 is 12.4 Å². The van der Waals surface area contributed by atoms with Gasteiger partial charge in [-0.25, -0.2) is 4.98 Å². The van der Waals surface area contributed by atoms with E-state index in [0.29, 0.717) is 17.4 Å². The Morgan fingerprint density at radius 1 is 1.47 bits per heavy atom. The lowest BCUT2D eigenvalue weighted by Crippen LogP contribution is -2.43. The van der Waals surface area contributed by atoms with E-state index in [2.05, 4.69) is 11.9 Å². The third kappa shape index (κ3) is 3.83. The molecular weight excluding hydrogens is 262 g/mol. The summed E-state index contributed by atoms with van der Waals surface area (Å²) in [4.78, 5) is 18.5. The molecule has 0 aromatic carbocycles. The molecule has 19 heavy (non-hydrogen) atoms. The predicted octanol–water partition coefficient (Wildman–Crippen LogP) is 2.88. The van der Waals surface area contributed by atoms with Gasteiger partial charge in [-0.15, -0.1) is 12.4 Å². The Bertz CT molecular complexity index is 406. The van der Waals surface area contributed by atoms with Gasteiger partial charge in [0.2, 0.25) is 0 Å². The van der Waals surface area contributed by atoms with Gasteiger partial charge in [0.25, 0.3) is 5.91 Å². The minimum atomic E-state index is 0. The van der Waals surface area contributed by atoms with E-state index in [1.807, 2.05) is 4.90 Å². The number of pyridine rings is 1. The van der Waals surface area contributed by atoms with Crippen molar-refractivity contribution in [2.75, 3.05) is 12.3 Å². The lowest BCUT2D eigenvalue weighted by atomic mass is 9.98. The largest absolute Gasteiger partial charge is 0.397 e. The van der Waals surface area contributed by atoms with Crippen LogP contribution in [0.5, 0.6) is 0 Å². The zero-order valence-corrected chi connectivity index (χ0v) is 12.2. The van der Waals surface area contributed by atoms with Crippen molar-refractivity contribution in [3.8, 4) is 0 Å². The molecule has 5 heteroatoms. The van der Waals surface area contributed by atoms with Crippen LogP contribution in [-0.2, 0) is 0 Å². The van der Waals surface area contributed by atoms with Crippen LogP contribution in [-0.4, -0.2) is 28.4 Å². The number of nitrogens with zero attached hydrogens (tertiary/aromatic N) is 2. The summed E-state index contributed by atoms with van der Waals surface area (Å²) in [6.45, 7) is 3.02. The zero-order valence-electron chi connectivity index (χ0n) is 11.3. The first-order chi connectivity index (χ1) is 8.72. The Hall–Kier alpha value is -1.29. The van der Waals surface area contributed by atoms with E-state index in [1.54, 1.807) is 18.3 Å². The maximum absolute atomic E-state index is 12.4. The molecule has 1 aromatic heterocycles. The number of amides is 1. The number of carbonyl (C=O) groups is 1. The van der Waals surface area contributed by atoms with Crippen LogP contribution in [0, 0.1) is 0 Å². The number of anilines is 1. The molecule has 2 rings (SSSR count). The van der Waals surface area contributed by atoms with E-state index in [1.165, 1.54) is 6.42 Å². The second kappa shape index (κ2) is 7.34. The van der Waals surface area contributed by atoms with E-state index in [0.717, 1.165) is 32.2 Å². The van der Waals surface area contributed by atoms with Gasteiger partial charge in [0.05, 0.1) is 11.9 Å². The summed E-state index contributed by atoms with van der Waals surface area (Å²) >= 11 is 0. The minimum absolute atomic E-state index is 0. The summed E-state index contributed by atoms with van der Waals surface area (Å²) in [6, 6.07) is 3.84. The van der Waals surface area contributed by atoms with Gasteiger partial charge in [0.1, 0.15) is 5.69 Å². The van der Waals surface area contributed by atoms with Gasteiger partial charge >= 0.3 is 0 Å². The Morgan fingerprint density at radius 2 is 2.26 bits per heavy atom. The molecule has 1 atom stereocenters. The summed E-state index contributed by atoms with van der Waals surface area (Å²) in [6.07, 6.45) is 7.19. The highest BCUT2D eigenvalue weighted by Crippen LogP contribution is 2.22. The van der Waals surface area contributed by atoms with Crippen LogP contribution in [0.3, 0.4) is 0 Å². The van der Waals surface area contributed by atoms with Crippen molar-refractivity contribution in [2.45, 2.75) is 45.1 Å². The van der Waals surface area contributed by atoms with E-state index in [4.69, 9.17) is 5.73 Å². The molecule has 1 amide bonds. The molecule has 1 aliphatic heterocycles. The molecule has 1 fully saturated rings. The number of piperidine rings is 1. The van der Waals surface area contributed by atoms with Crippen molar-refractivity contribution < 1.29 is 4.79 Å². The number of hydrogen-bond acceptors (Lipinski definition) is 3. The smallest absolute Gasteiger partial charge is 0.272 e. The first kappa shape index (κ1) is 15.8. The maximum Gasteiger partial charge on any atom is 0.272 e. The second-order valence-corrected chi connectivity index (χ2v) is 4.91. The minimum Gasteiger partial charge on any atom is -0.397 e. The van der Waals surface area contributed by atoms with Crippen molar-refractivity contribution in [1.29, 1.82) is 0 Å². The van der Waals surface area contributed by atoms with Crippen molar-refractivity contribution >= 4 is 24.0 Å². The van der Waals surface area contributed by atoms with Crippen LogP contribution in [0.1, 0.15) is 49.5 Å². The van der Waals surface area contributed by atoms with Gasteiger partial charge < -0.3 is 10.6 Å². The van der Waals surface area contributed by atoms with Gasteiger partial charge in [-0.2, -0.15) is 0 Å². The molecule has 1 saturated heterocycles. The maximum atomic E-state index is 12.4. The quantitative estimate of drug-likeness (QED) is 0.928. The zero-order chi connectivity index (χ0) is 13.0. The van der Waals surface area contributed by atoms with Gasteiger partial charge in [-0.1, -0.05) is 13.3 Å². The normalized spacial score (nSPS) is 18.8. The molecule has 0 saturated carbocycles. The number of rotatable bonds is 3. The standard InChI is InChI=1S/C14H21N3O.ClH/c1-2-5-12-6-3-4-9-17(12)14(18)13-8-7-11(15)10-16-13;/h7-8,10,12H,2-6,9,15H2,1H3;1H. The van der Waals surface area contributed by atoms with Crippen molar-refractivity contribution in [3.63, 3.8) is 0 Å².